The first-order valence-electron chi connectivity index (χ1n) is 14.0. The molecule has 0 radical (unpaired) electrons. The summed E-state index contributed by atoms with van der Waals surface area (Å²) >= 11 is 0. The lowest BCUT2D eigenvalue weighted by Crippen LogP contribution is -2.42. The Morgan fingerprint density at radius 2 is 2.09 bits per heavy atom. The van der Waals surface area contributed by atoms with Gasteiger partial charge in [0, 0.05) is 25.3 Å². The quantitative estimate of drug-likeness (QED) is 0.320. The molecule has 4 aliphatic rings. The highest BCUT2D eigenvalue weighted by Gasteiger charge is 2.35. The van der Waals surface area contributed by atoms with Gasteiger partial charge in [0.05, 0.1) is 17.3 Å². The van der Waals surface area contributed by atoms with Gasteiger partial charge >= 0.3 is 5.97 Å². The molecule has 43 heavy (non-hydrogen) atoms. The lowest BCUT2D eigenvalue weighted by Gasteiger charge is -2.28. The Balaban J connectivity index is 1.15. The second-order valence-electron chi connectivity index (χ2n) is 10.5. The third-order valence-corrected chi connectivity index (χ3v) is 7.76. The van der Waals surface area contributed by atoms with Crippen molar-refractivity contribution < 1.29 is 28.7 Å². The maximum Gasteiger partial charge on any atom is 0.338 e. The van der Waals surface area contributed by atoms with Crippen LogP contribution in [-0.4, -0.2) is 60.0 Å². The Kier molecular flexibility index (Phi) is 7.49. The molecule has 2 atom stereocenters. The number of nitrogens with one attached hydrogen (secondary N) is 3. The van der Waals surface area contributed by atoms with E-state index in [2.05, 4.69) is 32.6 Å². The fourth-order valence-electron chi connectivity index (χ4n) is 5.63. The predicted octanol–water partition coefficient (Wildman–Crippen LogP) is 2.44. The van der Waals surface area contributed by atoms with Crippen LogP contribution in [0, 0.1) is 6.92 Å². The summed E-state index contributed by atoms with van der Waals surface area (Å²) in [6.07, 6.45) is 5.97. The molecule has 12 nitrogen and oxygen atoms in total. The van der Waals surface area contributed by atoms with Gasteiger partial charge in [-0.1, -0.05) is 24.8 Å². The van der Waals surface area contributed by atoms with Crippen LogP contribution in [0.4, 0.5) is 5.69 Å². The summed E-state index contributed by atoms with van der Waals surface area (Å²) in [6, 6.07) is 8.59. The van der Waals surface area contributed by atoms with E-state index < -0.39 is 18.0 Å². The maximum atomic E-state index is 13.6. The van der Waals surface area contributed by atoms with E-state index in [1.165, 1.54) is 17.2 Å². The van der Waals surface area contributed by atoms with Gasteiger partial charge < -0.3 is 25.4 Å². The zero-order valence-corrected chi connectivity index (χ0v) is 23.5. The van der Waals surface area contributed by atoms with Crippen LogP contribution in [0.2, 0.25) is 0 Å². The van der Waals surface area contributed by atoms with E-state index in [-0.39, 0.29) is 49.0 Å². The number of anilines is 1. The normalized spacial score (nSPS) is 19.6. The third kappa shape index (κ3) is 5.51. The average Bonchev–Trinajstić information content (AvgIpc) is 3.65. The van der Waals surface area contributed by atoms with Gasteiger partial charge in [-0.05, 0) is 60.2 Å². The summed E-state index contributed by atoms with van der Waals surface area (Å²) in [6.45, 7) is 5.74. The van der Waals surface area contributed by atoms with Crippen molar-refractivity contribution in [3.63, 3.8) is 0 Å². The van der Waals surface area contributed by atoms with Crippen molar-refractivity contribution in [2.45, 2.75) is 44.9 Å². The summed E-state index contributed by atoms with van der Waals surface area (Å²) in [5, 5.41) is 14.5. The monoisotopic (exact) mass is 582 g/mol. The molecular weight excluding hydrogens is 552 g/mol. The highest BCUT2D eigenvalue weighted by molar-refractivity contribution is 6.44. The molecule has 3 heterocycles. The van der Waals surface area contributed by atoms with Crippen molar-refractivity contribution in [1.82, 2.24) is 15.6 Å². The molecule has 0 aromatic heterocycles. The molecule has 12 heteroatoms. The summed E-state index contributed by atoms with van der Waals surface area (Å²) in [5.41, 5.74) is 4.95. The maximum absolute atomic E-state index is 13.6. The highest BCUT2D eigenvalue weighted by atomic mass is 16.5. The van der Waals surface area contributed by atoms with Crippen molar-refractivity contribution >= 4 is 41.3 Å². The molecule has 3 amide bonds. The van der Waals surface area contributed by atoms with Crippen molar-refractivity contribution in [3.05, 3.63) is 82.6 Å². The molecule has 2 aromatic carbocycles. The minimum Gasteiger partial charge on any atom is -0.482 e. The Labute approximate surface area is 247 Å². The second-order valence-corrected chi connectivity index (χ2v) is 10.5. The van der Waals surface area contributed by atoms with Crippen molar-refractivity contribution in [2.24, 2.45) is 10.1 Å². The molecule has 1 aliphatic carbocycles. The number of hydrogen-bond acceptors (Lipinski definition) is 9. The van der Waals surface area contributed by atoms with Gasteiger partial charge in [-0.15, -0.1) is 0 Å². The van der Waals surface area contributed by atoms with E-state index in [1.54, 1.807) is 30.5 Å². The zero-order valence-electron chi connectivity index (χ0n) is 23.5. The van der Waals surface area contributed by atoms with Crippen LogP contribution in [-0.2, 0) is 32.1 Å². The van der Waals surface area contributed by atoms with E-state index in [0.717, 1.165) is 22.3 Å². The fourth-order valence-corrected chi connectivity index (χ4v) is 5.63. The zero-order chi connectivity index (χ0) is 30.1. The number of esters is 1. The van der Waals surface area contributed by atoms with E-state index >= 15 is 0 Å². The van der Waals surface area contributed by atoms with Crippen LogP contribution in [0.1, 0.15) is 51.5 Å². The van der Waals surface area contributed by atoms with Crippen LogP contribution in [0.3, 0.4) is 0 Å². The molecule has 1 unspecified atom stereocenters. The Hall–Kier alpha value is -5.26. The number of hydrazone groups is 1. The lowest BCUT2D eigenvalue weighted by molar-refractivity contribution is -0.120. The van der Waals surface area contributed by atoms with Crippen LogP contribution in [0.5, 0.6) is 5.75 Å². The Morgan fingerprint density at radius 1 is 1.23 bits per heavy atom. The van der Waals surface area contributed by atoms with E-state index in [0.29, 0.717) is 36.3 Å². The van der Waals surface area contributed by atoms with Gasteiger partial charge in [-0.25, -0.2) is 9.80 Å². The predicted molar refractivity (Wildman–Crippen MR) is 158 cm³/mol. The van der Waals surface area contributed by atoms with Crippen LogP contribution in [0.15, 0.2) is 64.9 Å². The molecule has 0 saturated carbocycles. The summed E-state index contributed by atoms with van der Waals surface area (Å²) in [5.74, 6) is -0.894. The van der Waals surface area contributed by atoms with Crippen molar-refractivity contribution in [2.75, 3.05) is 18.5 Å². The first-order chi connectivity index (χ1) is 20.8. The number of ether oxygens (including phenoxy) is 2. The van der Waals surface area contributed by atoms with E-state index in [4.69, 9.17) is 9.47 Å². The fraction of sp³-hybridized carbons (Fsp3) is 0.290. The standard InChI is InChI=1S/C31H30N6O6/c1-3-12-42-31(41)20-5-6-21-19(17(20)2)7-8-22(21)36-30(40)25-14-24(34-27-10-11-33-37(25)27)29(39)32-15-18-4-9-26-23(13-18)35-28(38)16-43-26/h3-6,9,11,13-14,22,27H,1,7-8,10,12,15-16H2,2H3,(H,32,39)(H,35,38)(H,36,40)/t22-,27?/m0/s1. The first-order valence-corrected chi connectivity index (χ1v) is 14.0. The molecule has 0 saturated heterocycles. The Bertz CT molecular complexity index is 1640. The number of amides is 3. The van der Waals surface area contributed by atoms with Crippen molar-refractivity contribution in [1.29, 1.82) is 0 Å². The Morgan fingerprint density at radius 3 is 2.93 bits per heavy atom. The molecule has 0 spiro atoms. The number of rotatable bonds is 8. The number of hydrogen-bond donors (Lipinski definition) is 3. The molecule has 2 aromatic rings. The van der Waals surface area contributed by atoms with Crippen LogP contribution < -0.4 is 20.7 Å². The second kappa shape index (κ2) is 11.6. The van der Waals surface area contributed by atoms with Gasteiger partial charge in [-0.3, -0.25) is 19.4 Å². The molecule has 6 rings (SSSR count). The van der Waals surface area contributed by atoms with Crippen LogP contribution >= 0.6 is 0 Å². The molecule has 220 valence electrons. The number of carbonyl (C=O) groups is 4. The number of aliphatic imine (C=N–C) groups is 1. The van der Waals surface area contributed by atoms with Gasteiger partial charge in [0.1, 0.15) is 29.9 Å². The number of fused-ring (bicyclic) bond motifs is 3. The summed E-state index contributed by atoms with van der Waals surface area (Å²) in [7, 11) is 0. The number of nitrogens with zero attached hydrogens (tertiary/aromatic N) is 3. The van der Waals surface area contributed by atoms with Gasteiger partial charge in [0.2, 0.25) is 0 Å². The van der Waals surface area contributed by atoms with E-state index in [9.17, 15) is 19.2 Å². The first kappa shape index (κ1) is 27.9. The van der Waals surface area contributed by atoms with Gasteiger partial charge in [-0.2, -0.15) is 5.10 Å². The lowest BCUT2D eigenvalue weighted by atomic mass is 9.98. The van der Waals surface area contributed by atoms with Crippen LogP contribution in [0.25, 0.3) is 0 Å². The topological polar surface area (TPSA) is 151 Å². The molecule has 0 fully saturated rings. The molecule has 3 aliphatic heterocycles. The molecule has 0 bridgehead atoms. The van der Waals surface area contributed by atoms with E-state index in [1.807, 2.05) is 13.0 Å². The summed E-state index contributed by atoms with van der Waals surface area (Å²) in [4.78, 5) is 55.3. The van der Waals surface area contributed by atoms with Crippen molar-refractivity contribution in [3.8, 4) is 5.75 Å². The highest BCUT2D eigenvalue weighted by Crippen LogP contribution is 2.36. The molecule has 3 N–H and O–H groups in total. The summed E-state index contributed by atoms with van der Waals surface area (Å²) < 4.78 is 10.6. The average molecular weight is 583 g/mol. The number of benzene rings is 2. The third-order valence-electron chi connectivity index (χ3n) is 7.76. The molecular formula is C31H30N6O6. The minimum absolute atomic E-state index is 0.0340. The van der Waals surface area contributed by atoms with Gasteiger partial charge in [0.25, 0.3) is 17.7 Å². The minimum atomic E-state index is -0.496. The smallest absolute Gasteiger partial charge is 0.338 e. The SMILES string of the molecule is C=CCOC(=O)c1ccc2c(c1C)CC[C@@H]2NC(=O)C1=CC(C(=O)NCc2ccc3c(c2)NC(=O)CO3)=NC2CC=NN12. The van der Waals surface area contributed by atoms with Gasteiger partial charge in [0.15, 0.2) is 6.61 Å². The largest absolute Gasteiger partial charge is 0.482 e. The number of carbonyl (C=O) groups excluding carboxylic acids is 4.